The minimum atomic E-state index is -0.295. The molecule has 29 heavy (non-hydrogen) atoms. The highest BCUT2D eigenvalue weighted by atomic mass is 19.1. The largest absolute Gasteiger partial charge is 0.483 e. The molecule has 1 aromatic carbocycles. The molecule has 3 aliphatic rings. The first-order valence-electron chi connectivity index (χ1n) is 9.83. The second-order valence-corrected chi connectivity index (χ2v) is 8.19. The molecule has 5 rings (SSSR count). The van der Waals surface area contributed by atoms with Crippen LogP contribution in [0.3, 0.4) is 0 Å². The van der Waals surface area contributed by atoms with Crippen LogP contribution in [0.1, 0.15) is 24.1 Å². The van der Waals surface area contributed by atoms with Gasteiger partial charge in [-0.25, -0.2) is 4.39 Å². The van der Waals surface area contributed by atoms with Gasteiger partial charge in [-0.3, -0.25) is 9.59 Å². The van der Waals surface area contributed by atoms with E-state index >= 15 is 0 Å². The number of carbonyl (C=O) groups is 2. The van der Waals surface area contributed by atoms with Crippen LogP contribution in [-0.2, 0) is 20.7 Å². The Bertz CT molecular complexity index is 945. The average molecular weight is 404 g/mol. The van der Waals surface area contributed by atoms with Gasteiger partial charge in [0.2, 0.25) is 5.91 Å². The predicted octanol–water partition coefficient (Wildman–Crippen LogP) is 1.86. The number of hydrogen-bond acceptors (Lipinski definition) is 4. The summed E-state index contributed by atoms with van der Waals surface area (Å²) in [5.74, 6) is 0.129. The molecule has 3 saturated heterocycles. The Morgan fingerprint density at radius 3 is 2.97 bits per heavy atom. The number of halogens is 1. The SMILES string of the molecule is Cc1[nH]c2ccc(F)cc2c1CC(=O)N1C[C@H]2[C@@H](CO)[C@@H]3CC[C@@]2(C1)O3.O=CO. The van der Waals surface area contributed by atoms with Crippen molar-refractivity contribution in [2.45, 2.75) is 37.9 Å². The van der Waals surface area contributed by atoms with Gasteiger partial charge in [-0.05, 0) is 43.5 Å². The summed E-state index contributed by atoms with van der Waals surface area (Å²) in [4.78, 5) is 26.5. The second kappa shape index (κ2) is 7.42. The van der Waals surface area contributed by atoms with Gasteiger partial charge in [0.25, 0.3) is 6.47 Å². The Hall–Kier alpha value is -2.45. The molecule has 8 heteroatoms. The second-order valence-electron chi connectivity index (χ2n) is 8.19. The van der Waals surface area contributed by atoms with E-state index in [-0.39, 0.29) is 54.8 Å². The van der Waals surface area contributed by atoms with Gasteiger partial charge < -0.3 is 24.8 Å². The van der Waals surface area contributed by atoms with Gasteiger partial charge in [0.05, 0.1) is 24.7 Å². The number of rotatable bonds is 3. The van der Waals surface area contributed by atoms with Crippen molar-refractivity contribution < 1.29 is 28.9 Å². The lowest BCUT2D eigenvalue weighted by molar-refractivity contribution is -0.131. The summed E-state index contributed by atoms with van der Waals surface area (Å²) in [5, 5.41) is 17.4. The number of ether oxygens (including phenoxy) is 1. The maximum Gasteiger partial charge on any atom is 0.290 e. The standard InChI is InChI=1S/C20H23FN2O3.CH2O2/c1-11-13(14-6-12(21)2-3-17(14)22-11)7-19(25)23-8-16-15(9-24)18-4-5-20(16,10-23)26-18;2-1-3/h2-3,6,15-16,18,22,24H,4-5,7-10H2,1H3;1H,(H,2,3)/t15-,16+,18+,20+;/m1./s1. The van der Waals surface area contributed by atoms with E-state index in [1.54, 1.807) is 6.07 Å². The monoisotopic (exact) mass is 404 g/mol. The van der Waals surface area contributed by atoms with Gasteiger partial charge in [-0.2, -0.15) is 0 Å². The highest BCUT2D eigenvalue weighted by Crippen LogP contribution is 2.54. The van der Waals surface area contributed by atoms with Crippen LogP contribution >= 0.6 is 0 Å². The summed E-state index contributed by atoms with van der Waals surface area (Å²) in [6, 6.07) is 4.63. The lowest BCUT2D eigenvalue weighted by Crippen LogP contribution is -2.38. The highest BCUT2D eigenvalue weighted by Gasteiger charge is 2.63. The smallest absolute Gasteiger partial charge is 0.290 e. The Morgan fingerprint density at radius 2 is 2.24 bits per heavy atom. The number of aromatic nitrogens is 1. The minimum Gasteiger partial charge on any atom is -0.483 e. The van der Waals surface area contributed by atoms with Gasteiger partial charge in [0.15, 0.2) is 0 Å². The summed E-state index contributed by atoms with van der Waals surface area (Å²) in [6.45, 7) is 3.06. The lowest BCUT2D eigenvalue weighted by atomic mass is 9.74. The number of carbonyl (C=O) groups excluding carboxylic acids is 1. The maximum atomic E-state index is 13.7. The zero-order valence-electron chi connectivity index (χ0n) is 16.2. The number of likely N-dealkylation sites (tertiary alicyclic amines) is 1. The Balaban J connectivity index is 0.000000645. The van der Waals surface area contributed by atoms with E-state index in [2.05, 4.69) is 4.98 Å². The van der Waals surface area contributed by atoms with Crippen LogP contribution in [-0.4, -0.2) is 63.9 Å². The number of carboxylic acid groups (broad SMARTS) is 1. The number of nitrogens with zero attached hydrogens (tertiary/aromatic N) is 1. The van der Waals surface area contributed by atoms with Crippen LogP contribution in [0.2, 0.25) is 0 Å². The normalized spacial score (nSPS) is 29.6. The average Bonchev–Trinajstić information content (AvgIpc) is 3.41. The number of aromatic amines is 1. The first-order chi connectivity index (χ1) is 13.9. The molecule has 4 heterocycles. The molecule has 2 aromatic rings. The minimum absolute atomic E-state index is 0.0470. The van der Waals surface area contributed by atoms with E-state index in [0.29, 0.717) is 13.1 Å². The number of aliphatic hydroxyl groups is 1. The molecule has 1 aromatic heterocycles. The van der Waals surface area contributed by atoms with Crippen molar-refractivity contribution in [2.24, 2.45) is 11.8 Å². The molecule has 0 radical (unpaired) electrons. The number of benzene rings is 1. The van der Waals surface area contributed by atoms with Gasteiger partial charge in [0.1, 0.15) is 5.82 Å². The van der Waals surface area contributed by atoms with Crippen LogP contribution < -0.4 is 0 Å². The zero-order chi connectivity index (χ0) is 20.8. The van der Waals surface area contributed by atoms with Crippen molar-refractivity contribution in [3.05, 3.63) is 35.3 Å². The lowest BCUT2D eigenvalue weighted by Gasteiger charge is -2.27. The van der Waals surface area contributed by atoms with Crippen molar-refractivity contribution in [3.63, 3.8) is 0 Å². The van der Waals surface area contributed by atoms with E-state index < -0.39 is 0 Å². The third kappa shape index (κ3) is 3.20. The molecule has 3 N–H and O–H groups in total. The number of amides is 1. The van der Waals surface area contributed by atoms with Gasteiger partial charge in [-0.15, -0.1) is 0 Å². The highest BCUT2D eigenvalue weighted by molar-refractivity contribution is 5.90. The van der Waals surface area contributed by atoms with Crippen LogP contribution in [0.5, 0.6) is 0 Å². The fourth-order valence-electron chi connectivity index (χ4n) is 5.47. The third-order valence-corrected chi connectivity index (χ3v) is 6.76. The van der Waals surface area contributed by atoms with Crippen molar-refractivity contribution in [2.75, 3.05) is 19.7 Å². The molecule has 3 fully saturated rings. The summed E-state index contributed by atoms with van der Waals surface area (Å²) in [7, 11) is 0. The third-order valence-electron chi connectivity index (χ3n) is 6.76. The van der Waals surface area contributed by atoms with E-state index in [9.17, 15) is 14.3 Å². The summed E-state index contributed by atoms with van der Waals surface area (Å²) < 4.78 is 19.9. The molecule has 1 spiro atoms. The summed E-state index contributed by atoms with van der Waals surface area (Å²) >= 11 is 0. The molecule has 0 unspecified atom stereocenters. The van der Waals surface area contributed by atoms with Gasteiger partial charge >= 0.3 is 0 Å². The number of H-pyrrole nitrogens is 1. The molecular weight excluding hydrogens is 379 g/mol. The molecular formula is C21H25FN2O5. The van der Waals surface area contributed by atoms with Crippen LogP contribution in [0, 0.1) is 24.6 Å². The topological polar surface area (TPSA) is 103 Å². The van der Waals surface area contributed by atoms with Gasteiger partial charge in [-0.1, -0.05) is 0 Å². The molecule has 2 bridgehead atoms. The van der Waals surface area contributed by atoms with Crippen molar-refractivity contribution in [1.29, 1.82) is 0 Å². The molecule has 3 aliphatic heterocycles. The van der Waals surface area contributed by atoms with Crippen LogP contribution in [0.4, 0.5) is 4.39 Å². The Kier molecular flexibility index (Phi) is 5.08. The number of fused-ring (bicyclic) bond motifs is 2. The van der Waals surface area contributed by atoms with Crippen molar-refractivity contribution in [3.8, 4) is 0 Å². The number of aryl methyl sites for hydroxylation is 1. The zero-order valence-corrected chi connectivity index (χ0v) is 16.2. The van der Waals surface area contributed by atoms with E-state index in [1.807, 2.05) is 11.8 Å². The fraction of sp³-hybridized carbons (Fsp3) is 0.524. The van der Waals surface area contributed by atoms with Gasteiger partial charge in [0, 0.05) is 41.6 Å². The molecule has 7 nitrogen and oxygen atoms in total. The molecule has 156 valence electrons. The quantitative estimate of drug-likeness (QED) is 0.678. The van der Waals surface area contributed by atoms with E-state index in [4.69, 9.17) is 14.6 Å². The first kappa shape index (κ1) is 19.8. The molecule has 0 saturated carbocycles. The Morgan fingerprint density at radius 1 is 1.48 bits per heavy atom. The van der Waals surface area contributed by atoms with Crippen LogP contribution in [0.25, 0.3) is 10.9 Å². The summed E-state index contributed by atoms with van der Waals surface area (Å²) in [5.41, 5.74) is 2.37. The number of aliphatic hydroxyl groups excluding tert-OH is 1. The van der Waals surface area contributed by atoms with E-state index in [0.717, 1.165) is 35.0 Å². The molecule has 0 aliphatic carbocycles. The first-order valence-corrected chi connectivity index (χ1v) is 9.83. The Labute approximate surface area is 167 Å². The number of nitrogens with one attached hydrogen (secondary N) is 1. The number of hydrogen-bond donors (Lipinski definition) is 3. The summed E-state index contributed by atoms with van der Waals surface area (Å²) in [6.07, 6.45) is 2.36. The maximum absolute atomic E-state index is 13.7. The van der Waals surface area contributed by atoms with E-state index in [1.165, 1.54) is 12.1 Å². The van der Waals surface area contributed by atoms with Crippen LogP contribution in [0.15, 0.2) is 18.2 Å². The fourth-order valence-corrected chi connectivity index (χ4v) is 5.47. The molecule has 4 atom stereocenters. The van der Waals surface area contributed by atoms with Crippen molar-refractivity contribution in [1.82, 2.24) is 9.88 Å². The predicted molar refractivity (Wildman–Crippen MR) is 103 cm³/mol. The van der Waals surface area contributed by atoms with Crippen molar-refractivity contribution >= 4 is 23.3 Å². The molecule has 1 amide bonds.